The van der Waals surface area contributed by atoms with E-state index in [2.05, 4.69) is 49.3 Å². The van der Waals surface area contributed by atoms with Crippen LogP contribution in [-0.4, -0.2) is 36.6 Å². The Labute approximate surface area is 162 Å². The number of nitrogens with one attached hydrogen (secondary N) is 1. The zero-order valence-corrected chi connectivity index (χ0v) is 16.0. The lowest BCUT2D eigenvalue weighted by Crippen LogP contribution is -2.27. The number of nitrogen functional groups attached to an aromatic ring is 1. The quantitative estimate of drug-likeness (QED) is 0.501. The van der Waals surface area contributed by atoms with Gasteiger partial charge in [-0.25, -0.2) is 4.98 Å². The van der Waals surface area contributed by atoms with Crippen molar-refractivity contribution in [1.29, 1.82) is 0 Å². The molecule has 0 spiro atoms. The van der Waals surface area contributed by atoms with E-state index in [1.54, 1.807) is 4.52 Å². The van der Waals surface area contributed by atoms with Crippen LogP contribution in [0.1, 0.15) is 23.4 Å². The van der Waals surface area contributed by atoms with Crippen molar-refractivity contribution in [2.45, 2.75) is 33.2 Å². The van der Waals surface area contributed by atoms with Gasteiger partial charge in [0.25, 0.3) is 5.78 Å². The van der Waals surface area contributed by atoms with Crippen molar-refractivity contribution < 1.29 is 4.79 Å². The van der Waals surface area contributed by atoms with E-state index in [1.165, 1.54) is 10.9 Å². The van der Waals surface area contributed by atoms with Crippen LogP contribution in [0.4, 0.5) is 5.95 Å². The van der Waals surface area contributed by atoms with Crippen LogP contribution in [0.15, 0.2) is 36.5 Å². The standard InChI is InChI=1S/C20H23N7O/c1-13-16(14(2)27-20(23-13)24-19(21)25-27)12-18(28)22-9-5-10-26-11-8-15-6-3-4-7-17(15)26/h3-4,6-8,11H,5,9-10,12H2,1-2H3,(H2,21,25)(H,22,28). The molecule has 0 bridgehead atoms. The predicted molar refractivity (Wildman–Crippen MR) is 108 cm³/mol. The van der Waals surface area contributed by atoms with Gasteiger partial charge >= 0.3 is 0 Å². The highest BCUT2D eigenvalue weighted by atomic mass is 16.1. The average molecular weight is 377 g/mol. The molecule has 1 amide bonds. The van der Waals surface area contributed by atoms with Crippen LogP contribution >= 0.6 is 0 Å². The summed E-state index contributed by atoms with van der Waals surface area (Å²) in [5, 5.41) is 8.37. The first-order chi connectivity index (χ1) is 13.5. The molecule has 0 saturated carbocycles. The molecule has 4 rings (SSSR count). The molecule has 0 atom stereocenters. The fourth-order valence-corrected chi connectivity index (χ4v) is 3.52. The van der Waals surface area contributed by atoms with Gasteiger partial charge in [0.2, 0.25) is 11.9 Å². The number of carbonyl (C=O) groups excluding carboxylic acids is 1. The molecule has 3 N–H and O–H groups in total. The van der Waals surface area contributed by atoms with E-state index in [1.807, 2.05) is 26.0 Å². The van der Waals surface area contributed by atoms with Crippen LogP contribution < -0.4 is 11.1 Å². The van der Waals surface area contributed by atoms with Crippen molar-refractivity contribution in [3.05, 3.63) is 53.5 Å². The summed E-state index contributed by atoms with van der Waals surface area (Å²) in [5.41, 5.74) is 9.32. The van der Waals surface area contributed by atoms with Crippen molar-refractivity contribution in [2.75, 3.05) is 12.3 Å². The summed E-state index contributed by atoms with van der Waals surface area (Å²) in [5.74, 6) is 0.600. The zero-order valence-electron chi connectivity index (χ0n) is 16.0. The number of fused-ring (bicyclic) bond motifs is 2. The number of nitrogens with two attached hydrogens (primary N) is 1. The third-order valence-corrected chi connectivity index (χ3v) is 4.98. The molecule has 3 aromatic heterocycles. The second-order valence-electron chi connectivity index (χ2n) is 6.89. The maximum Gasteiger partial charge on any atom is 0.254 e. The molecule has 0 aliphatic carbocycles. The third kappa shape index (κ3) is 3.40. The molecular formula is C20H23N7O. The number of benzene rings is 1. The highest BCUT2D eigenvalue weighted by Crippen LogP contribution is 2.16. The summed E-state index contributed by atoms with van der Waals surface area (Å²) in [4.78, 5) is 20.9. The predicted octanol–water partition coefficient (Wildman–Crippen LogP) is 2.03. The van der Waals surface area contributed by atoms with Crippen molar-refractivity contribution in [3.63, 3.8) is 0 Å². The molecule has 1 aromatic carbocycles. The number of hydrogen-bond donors (Lipinski definition) is 2. The Balaban J connectivity index is 1.35. The molecule has 0 radical (unpaired) electrons. The van der Waals surface area contributed by atoms with Crippen LogP contribution in [0.2, 0.25) is 0 Å². The SMILES string of the molecule is Cc1nc2nc(N)nn2c(C)c1CC(=O)NCCCn1ccc2ccccc21. The lowest BCUT2D eigenvalue weighted by Gasteiger charge is -2.11. The number of para-hydroxylation sites is 1. The fraction of sp³-hybridized carbons (Fsp3) is 0.300. The van der Waals surface area contributed by atoms with Gasteiger partial charge in [0.05, 0.1) is 6.42 Å². The van der Waals surface area contributed by atoms with E-state index in [4.69, 9.17) is 5.73 Å². The minimum Gasteiger partial charge on any atom is -0.366 e. The summed E-state index contributed by atoms with van der Waals surface area (Å²) in [6, 6.07) is 10.4. The molecule has 28 heavy (non-hydrogen) atoms. The summed E-state index contributed by atoms with van der Waals surface area (Å²) >= 11 is 0. The van der Waals surface area contributed by atoms with Crippen LogP contribution in [-0.2, 0) is 17.8 Å². The lowest BCUT2D eigenvalue weighted by molar-refractivity contribution is -0.120. The van der Waals surface area contributed by atoms with E-state index >= 15 is 0 Å². The minimum atomic E-state index is -0.0298. The summed E-state index contributed by atoms with van der Waals surface area (Å²) in [7, 11) is 0. The zero-order chi connectivity index (χ0) is 19.7. The Morgan fingerprint density at radius 3 is 2.86 bits per heavy atom. The normalized spacial score (nSPS) is 11.4. The van der Waals surface area contributed by atoms with Crippen LogP contribution in [0, 0.1) is 13.8 Å². The lowest BCUT2D eigenvalue weighted by atomic mass is 10.1. The molecule has 4 aromatic rings. The maximum absolute atomic E-state index is 12.4. The molecule has 0 fully saturated rings. The van der Waals surface area contributed by atoms with Gasteiger partial charge in [-0.3, -0.25) is 4.79 Å². The molecule has 8 nitrogen and oxygen atoms in total. The van der Waals surface area contributed by atoms with Gasteiger partial charge in [0.1, 0.15) is 0 Å². The van der Waals surface area contributed by atoms with Gasteiger partial charge in [-0.1, -0.05) is 18.2 Å². The van der Waals surface area contributed by atoms with Crippen molar-refractivity contribution >= 4 is 28.5 Å². The minimum absolute atomic E-state index is 0.0298. The van der Waals surface area contributed by atoms with E-state index in [9.17, 15) is 4.79 Å². The maximum atomic E-state index is 12.4. The third-order valence-electron chi connectivity index (χ3n) is 4.98. The van der Waals surface area contributed by atoms with E-state index < -0.39 is 0 Å². The second kappa shape index (κ2) is 7.30. The van der Waals surface area contributed by atoms with Crippen molar-refractivity contribution in [3.8, 4) is 0 Å². The number of carbonyl (C=O) groups is 1. The van der Waals surface area contributed by atoms with Gasteiger partial charge in [0.15, 0.2) is 0 Å². The number of nitrogens with zero attached hydrogens (tertiary/aromatic N) is 5. The van der Waals surface area contributed by atoms with Crippen LogP contribution in [0.25, 0.3) is 16.7 Å². The average Bonchev–Trinajstić information content (AvgIpc) is 3.25. The van der Waals surface area contributed by atoms with Crippen LogP contribution in [0.5, 0.6) is 0 Å². The highest BCUT2D eigenvalue weighted by molar-refractivity contribution is 5.80. The first-order valence-electron chi connectivity index (χ1n) is 9.32. The molecular weight excluding hydrogens is 354 g/mol. The highest BCUT2D eigenvalue weighted by Gasteiger charge is 2.15. The van der Waals surface area contributed by atoms with E-state index in [0.29, 0.717) is 12.3 Å². The second-order valence-corrected chi connectivity index (χ2v) is 6.89. The van der Waals surface area contributed by atoms with Crippen molar-refractivity contribution in [2.24, 2.45) is 0 Å². The van der Waals surface area contributed by atoms with Gasteiger partial charge in [-0.15, -0.1) is 5.10 Å². The molecule has 8 heteroatoms. The number of aryl methyl sites for hydroxylation is 3. The summed E-state index contributed by atoms with van der Waals surface area (Å²) < 4.78 is 3.80. The number of anilines is 1. The Hall–Kier alpha value is -3.42. The molecule has 3 heterocycles. The smallest absolute Gasteiger partial charge is 0.254 e. The van der Waals surface area contributed by atoms with Gasteiger partial charge in [0, 0.05) is 41.8 Å². The van der Waals surface area contributed by atoms with E-state index in [-0.39, 0.29) is 18.3 Å². The first-order valence-corrected chi connectivity index (χ1v) is 9.32. The molecule has 0 aliphatic rings. The van der Waals surface area contributed by atoms with Gasteiger partial charge in [-0.05, 0) is 37.8 Å². The summed E-state index contributed by atoms with van der Waals surface area (Å²) in [6.45, 7) is 5.25. The van der Waals surface area contributed by atoms with Gasteiger partial charge < -0.3 is 15.6 Å². The molecule has 0 aliphatic heterocycles. The number of hydrogen-bond acceptors (Lipinski definition) is 5. The monoisotopic (exact) mass is 377 g/mol. The Kier molecular flexibility index (Phi) is 4.68. The van der Waals surface area contributed by atoms with E-state index in [0.717, 1.165) is 29.9 Å². The fourth-order valence-electron chi connectivity index (χ4n) is 3.52. The Bertz CT molecular complexity index is 1160. The summed E-state index contributed by atoms with van der Waals surface area (Å²) in [6.07, 6.45) is 3.20. The molecule has 0 saturated heterocycles. The first kappa shape index (κ1) is 18.0. The number of amides is 1. The largest absolute Gasteiger partial charge is 0.366 e. The topological polar surface area (TPSA) is 103 Å². The molecule has 0 unspecified atom stereocenters. The number of aromatic nitrogens is 5. The van der Waals surface area contributed by atoms with Crippen molar-refractivity contribution in [1.82, 2.24) is 29.5 Å². The Morgan fingerprint density at radius 1 is 1.18 bits per heavy atom. The Morgan fingerprint density at radius 2 is 2.00 bits per heavy atom. The number of rotatable bonds is 6. The molecule has 144 valence electrons. The van der Waals surface area contributed by atoms with Crippen LogP contribution in [0.3, 0.4) is 0 Å². The van der Waals surface area contributed by atoms with Gasteiger partial charge in [-0.2, -0.15) is 9.50 Å².